The maximum absolute atomic E-state index is 14.3. The van der Waals surface area contributed by atoms with Crippen LogP contribution < -0.4 is 5.43 Å². The Bertz CT molecular complexity index is 922. The molecule has 2 unspecified atom stereocenters. The molecule has 0 bridgehead atoms. The van der Waals surface area contributed by atoms with Crippen LogP contribution in [0, 0.1) is 24.4 Å². The van der Waals surface area contributed by atoms with E-state index in [-0.39, 0.29) is 13.0 Å². The lowest BCUT2D eigenvalue weighted by Crippen LogP contribution is -2.23. The number of benzene rings is 1. The van der Waals surface area contributed by atoms with Crippen molar-refractivity contribution in [3.63, 3.8) is 0 Å². The Morgan fingerprint density at radius 2 is 1.92 bits per heavy atom. The fourth-order valence-electron chi connectivity index (χ4n) is 2.73. The summed E-state index contributed by atoms with van der Waals surface area (Å²) in [6.07, 6.45) is -0.344. The molecule has 1 heterocycles. The zero-order chi connectivity index (χ0) is 17.8. The van der Waals surface area contributed by atoms with Gasteiger partial charge >= 0.3 is 5.97 Å². The second kappa shape index (κ2) is 5.61. The van der Waals surface area contributed by atoms with Crippen LogP contribution in [0.25, 0.3) is 10.9 Å². The Morgan fingerprint density at radius 1 is 1.29 bits per heavy atom. The van der Waals surface area contributed by atoms with Crippen molar-refractivity contribution in [2.24, 2.45) is 0 Å². The highest BCUT2D eigenvalue weighted by Gasteiger charge is 2.41. The largest absolute Gasteiger partial charge is 0.462 e. The van der Waals surface area contributed by atoms with Crippen molar-refractivity contribution in [3.05, 3.63) is 45.0 Å². The molecule has 1 fully saturated rings. The Morgan fingerprint density at radius 3 is 2.46 bits per heavy atom. The van der Waals surface area contributed by atoms with Gasteiger partial charge in [0.2, 0.25) is 5.43 Å². The molecule has 3 rings (SSSR count). The van der Waals surface area contributed by atoms with Gasteiger partial charge in [0.1, 0.15) is 11.7 Å². The van der Waals surface area contributed by atoms with Crippen LogP contribution in [0.15, 0.2) is 11.0 Å². The van der Waals surface area contributed by atoms with Gasteiger partial charge in [0.05, 0.1) is 23.6 Å². The predicted octanol–water partition coefficient (Wildman–Crippen LogP) is 3.19. The number of carbonyl (C=O) groups excluding carboxylic acids is 1. The first kappa shape index (κ1) is 16.5. The van der Waals surface area contributed by atoms with Crippen molar-refractivity contribution < 1.29 is 27.1 Å². The van der Waals surface area contributed by atoms with Crippen molar-refractivity contribution in [1.82, 2.24) is 4.57 Å². The molecular weight excluding hydrogens is 330 g/mol. The SMILES string of the molecule is CCOC(=O)c1cn(C2CC2F)c2c(F)c(F)c(F)c(C)c2c1=O. The monoisotopic (exact) mass is 343 g/mol. The van der Waals surface area contributed by atoms with Crippen LogP contribution in [-0.4, -0.2) is 23.3 Å². The summed E-state index contributed by atoms with van der Waals surface area (Å²) in [7, 11) is 0. The van der Waals surface area contributed by atoms with E-state index < -0.39 is 63.1 Å². The second-order valence-electron chi connectivity index (χ2n) is 5.61. The molecule has 128 valence electrons. The Labute approximate surface area is 133 Å². The van der Waals surface area contributed by atoms with E-state index in [2.05, 4.69) is 0 Å². The Hall–Kier alpha value is -2.38. The summed E-state index contributed by atoms with van der Waals surface area (Å²) in [5.41, 5.74) is -2.44. The molecule has 0 N–H and O–H groups in total. The molecule has 0 amide bonds. The van der Waals surface area contributed by atoms with Crippen molar-refractivity contribution in [2.75, 3.05) is 6.61 Å². The Kier molecular flexibility index (Phi) is 3.85. The number of pyridine rings is 1. The second-order valence-corrected chi connectivity index (χ2v) is 5.61. The molecule has 24 heavy (non-hydrogen) atoms. The van der Waals surface area contributed by atoms with Gasteiger partial charge in [0, 0.05) is 18.2 Å². The van der Waals surface area contributed by atoms with Gasteiger partial charge in [-0.05, 0) is 13.8 Å². The van der Waals surface area contributed by atoms with Gasteiger partial charge in [0.15, 0.2) is 17.5 Å². The zero-order valence-electron chi connectivity index (χ0n) is 12.8. The van der Waals surface area contributed by atoms with Crippen LogP contribution in [0.3, 0.4) is 0 Å². The van der Waals surface area contributed by atoms with Crippen molar-refractivity contribution in [3.8, 4) is 0 Å². The summed E-state index contributed by atoms with van der Waals surface area (Å²) in [4.78, 5) is 24.4. The van der Waals surface area contributed by atoms with Crippen LogP contribution in [-0.2, 0) is 4.74 Å². The van der Waals surface area contributed by atoms with Crippen LogP contribution in [0.1, 0.15) is 35.3 Å². The van der Waals surface area contributed by atoms with E-state index in [0.717, 1.165) is 17.7 Å². The maximum atomic E-state index is 14.3. The highest BCUT2D eigenvalue weighted by molar-refractivity contribution is 5.95. The fraction of sp³-hybridized carbons (Fsp3) is 0.375. The molecule has 0 aliphatic heterocycles. The minimum atomic E-state index is -1.74. The average molecular weight is 343 g/mol. The number of aryl methyl sites for hydroxylation is 1. The van der Waals surface area contributed by atoms with E-state index in [1.165, 1.54) is 6.92 Å². The first-order valence-corrected chi connectivity index (χ1v) is 7.32. The molecule has 0 radical (unpaired) electrons. The number of alkyl halides is 1. The van der Waals surface area contributed by atoms with E-state index in [1.807, 2.05) is 0 Å². The van der Waals surface area contributed by atoms with Crippen LogP contribution >= 0.6 is 0 Å². The average Bonchev–Trinajstić information content (AvgIpc) is 3.27. The number of hydrogen-bond acceptors (Lipinski definition) is 3. The van der Waals surface area contributed by atoms with Gasteiger partial charge in [-0.1, -0.05) is 0 Å². The third-order valence-corrected chi connectivity index (χ3v) is 4.07. The van der Waals surface area contributed by atoms with E-state index in [4.69, 9.17) is 4.74 Å². The normalized spacial score (nSPS) is 19.6. The third-order valence-electron chi connectivity index (χ3n) is 4.07. The fourth-order valence-corrected chi connectivity index (χ4v) is 2.73. The number of aromatic nitrogens is 1. The quantitative estimate of drug-likeness (QED) is 0.489. The van der Waals surface area contributed by atoms with Gasteiger partial charge < -0.3 is 9.30 Å². The minimum absolute atomic E-state index is 0.0173. The van der Waals surface area contributed by atoms with Gasteiger partial charge in [0.25, 0.3) is 0 Å². The molecule has 0 saturated heterocycles. The van der Waals surface area contributed by atoms with E-state index in [9.17, 15) is 27.2 Å². The molecular formula is C16H13F4NO3. The van der Waals surface area contributed by atoms with E-state index in [0.29, 0.717) is 0 Å². The van der Waals surface area contributed by atoms with Crippen LogP contribution in [0.5, 0.6) is 0 Å². The number of halogens is 4. The molecule has 2 aromatic rings. The molecule has 1 aliphatic carbocycles. The number of ether oxygens (including phenoxy) is 1. The number of hydrogen-bond donors (Lipinski definition) is 0. The number of nitrogens with zero attached hydrogens (tertiary/aromatic N) is 1. The predicted molar refractivity (Wildman–Crippen MR) is 77.3 cm³/mol. The first-order valence-electron chi connectivity index (χ1n) is 7.32. The summed E-state index contributed by atoms with van der Waals surface area (Å²) in [6, 6.07) is -0.847. The van der Waals surface area contributed by atoms with Gasteiger partial charge in [-0.15, -0.1) is 0 Å². The maximum Gasteiger partial charge on any atom is 0.343 e. The molecule has 1 aromatic heterocycles. The first-order chi connectivity index (χ1) is 11.3. The van der Waals surface area contributed by atoms with Gasteiger partial charge in [-0.2, -0.15) is 0 Å². The highest BCUT2D eigenvalue weighted by atomic mass is 19.2. The van der Waals surface area contributed by atoms with Crippen molar-refractivity contribution in [2.45, 2.75) is 32.5 Å². The molecule has 0 spiro atoms. The summed E-state index contributed by atoms with van der Waals surface area (Å²) in [5, 5.41) is -0.490. The third kappa shape index (κ3) is 2.28. The topological polar surface area (TPSA) is 48.3 Å². The molecule has 1 aromatic carbocycles. The molecule has 8 heteroatoms. The minimum Gasteiger partial charge on any atom is -0.462 e. The number of esters is 1. The van der Waals surface area contributed by atoms with E-state index in [1.54, 1.807) is 0 Å². The number of carbonyl (C=O) groups is 1. The van der Waals surface area contributed by atoms with Gasteiger partial charge in [-0.3, -0.25) is 4.79 Å². The van der Waals surface area contributed by atoms with Crippen molar-refractivity contribution >= 4 is 16.9 Å². The smallest absolute Gasteiger partial charge is 0.343 e. The lowest BCUT2D eigenvalue weighted by Gasteiger charge is -2.15. The molecule has 1 aliphatic rings. The van der Waals surface area contributed by atoms with Crippen molar-refractivity contribution in [1.29, 1.82) is 0 Å². The molecule has 2 atom stereocenters. The molecule has 4 nitrogen and oxygen atoms in total. The van der Waals surface area contributed by atoms with Crippen LogP contribution in [0.2, 0.25) is 0 Å². The molecule has 1 saturated carbocycles. The zero-order valence-corrected chi connectivity index (χ0v) is 12.8. The lowest BCUT2D eigenvalue weighted by molar-refractivity contribution is 0.0524. The van der Waals surface area contributed by atoms with E-state index >= 15 is 0 Å². The standard InChI is InChI=1S/C16H13F4NO3/c1-3-24-16(23)7-5-21(9-4-8(9)17)14-10(15(7)22)6(2)11(18)12(19)13(14)20/h5,8-9H,3-4H2,1-2H3. The number of fused-ring (bicyclic) bond motifs is 1. The summed E-state index contributed by atoms with van der Waals surface area (Å²) >= 11 is 0. The van der Waals surface area contributed by atoms with Gasteiger partial charge in [-0.25, -0.2) is 22.4 Å². The van der Waals surface area contributed by atoms with Crippen LogP contribution in [0.4, 0.5) is 17.6 Å². The summed E-state index contributed by atoms with van der Waals surface area (Å²) < 4.78 is 61.1. The number of rotatable bonds is 3. The summed E-state index contributed by atoms with van der Waals surface area (Å²) in [5.74, 6) is -5.83. The highest BCUT2D eigenvalue weighted by Crippen LogP contribution is 2.41. The lowest BCUT2D eigenvalue weighted by atomic mass is 10.0. The Balaban J connectivity index is 2.45. The summed E-state index contributed by atoms with van der Waals surface area (Å²) in [6.45, 7) is 2.60.